The molecule has 3 aromatic rings. The van der Waals surface area contributed by atoms with Gasteiger partial charge in [-0.2, -0.15) is 5.10 Å². The van der Waals surface area contributed by atoms with E-state index >= 15 is 0 Å². The molecule has 0 bridgehead atoms. The standard InChI is InChI=1S/C25H23FN4O4/c1-17(19-5-3-2-4-6-19)28-24(32)25(33)30-27-15-18-7-13-22(14-8-18)34-16-23(31)29-21-11-9-20(26)10-12-21/h2-15,17H,16H2,1H3,(H,28,32)(H,29,31)(H,30,33)/b27-15-/t17-/m1/s1. The summed E-state index contributed by atoms with van der Waals surface area (Å²) >= 11 is 0. The van der Waals surface area contributed by atoms with Crippen molar-refractivity contribution in [2.24, 2.45) is 5.10 Å². The van der Waals surface area contributed by atoms with Crippen LogP contribution in [0.15, 0.2) is 84.0 Å². The quantitative estimate of drug-likeness (QED) is 0.271. The van der Waals surface area contributed by atoms with Crippen molar-refractivity contribution in [3.63, 3.8) is 0 Å². The van der Waals surface area contributed by atoms with Gasteiger partial charge in [0, 0.05) is 5.69 Å². The SMILES string of the molecule is C[C@@H](NC(=O)C(=O)N/N=C\c1ccc(OCC(=O)Nc2ccc(F)cc2)cc1)c1ccccc1. The number of hydrogen-bond acceptors (Lipinski definition) is 5. The van der Waals surface area contributed by atoms with Crippen molar-refractivity contribution in [3.05, 3.63) is 95.8 Å². The first-order valence-electron chi connectivity index (χ1n) is 10.4. The number of halogens is 1. The number of ether oxygens (including phenoxy) is 1. The molecule has 0 heterocycles. The Morgan fingerprint density at radius 2 is 1.62 bits per heavy atom. The van der Waals surface area contributed by atoms with E-state index in [0.717, 1.165) is 5.56 Å². The number of carbonyl (C=O) groups excluding carboxylic acids is 3. The molecule has 9 heteroatoms. The summed E-state index contributed by atoms with van der Waals surface area (Å²) in [6.45, 7) is 1.55. The lowest BCUT2D eigenvalue weighted by atomic mass is 10.1. The molecule has 0 unspecified atom stereocenters. The smallest absolute Gasteiger partial charge is 0.329 e. The van der Waals surface area contributed by atoms with Crippen molar-refractivity contribution in [1.82, 2.24) is 10.7 Å². The highest BCUT2D eigenvalue weighted by atomic mass is 19.1. The molecule has 1 atom stereocenters. The molecule has 8 nitrogen and oxygen atoms in total. The van der Waals surface area contributed by atoms with Gasteiger partial charge in [-0.15, -0.1) is 0 Å². The lowest BCUT2D eigenvalue weighted by Gasteiger charge is -2.13. The van der Waals surface area contributed by atoms with E-state index in [-0.39, 0.29) is 18.6 Å². The van der Waals surface area contributed by atoms with Gasteiger partial charge >= 0.3 is 11.8 Å². The van der Waals surface area contributed by atoms with Crippen LogP contribution in [0.25, 0.3) is 0 Å². The number of nitrogens with one attached hydrogen (secondary N) is 3. The summed E-state index contributed by atoms with van der Waals surface area (Å²) in [5, 5.41) is 8.98. The lowest BCUT2D eigenvalue weighted by Crippen LogP contribution is -2.39. The molecule has 0 fully saturated rings. The fourth-order valence-corrected chi connectivity index (χ4v) is 2.83. The fourth-order valence-electron chi connectivity index (χ4n) is 2.83. The summed E-state index contributed by atoms with van der Waals surface area (Å²) in [5.41, 5.74) is 4.16. The third-order valence-corrected chi connectivity index (χ3v) is 4.61. The number of amides is 3. The molecule has 3 N–H and O–H groups in total. The highest BCUT2D eigenvalue weighted by Gasteiger charge is 2.16. The third-order valence-electron chi connectivity index (χ3n) is 4.61. The summed E-state index contributed by atoms with van der Waals surface area (Å²) in [5.74, 6) is -2.01. The predicted molar refractivity (Wildman–Crippen MR) is 126 cm³/mol. The van der Waals surface area contributed by atoms with Crippen molar-refractivity contribution in [1.29, 1.82) is 0 Å². The molecule has 0 spiro atoms. The van der Waals surface area contributed by atoms with Crippen LogP contribution in [0.1, 0.15) is 24.1 Å². The Bertz CT molecular complexity index is 1150. The first-order valence-corrected chi connectivity index (χ1v) is 10.4. The minimum atomic E-state index is -0.883. The zero-order chi connectivity index (χ0) is 24.3. The van der Waals surface area contributed by atoms with Crippen molar-refractivity contribution in [3.8, 4) is 5.75 Å². The number of rotatable bonds is 8. The maximum Gasteiger partial charge on any atom is 0.329 e. The van der Waals surface area contributed by atoms with Crippen LogP contribution in [0.3, 0.4) is 0 Å². The molecular formula is C25H23FN4O4. The van der Waals surface area contributed by atoms with E-state index in [1.54, 1.807) is 31.2 Å². The molecule has 3 amide bonds. The van der Waals surface area contributed by atoms with Gasteiger partial charge in [-0.25, -0.2) is 9.82 Å². The minimum absolute atomic E-state index is 0.225. The van der Waals surface area contributed by atoms with Crippen LogP contribution in [0.5, 0.6) is 5.75 Å². The summed E-state index contributed by atoms with van der Waals surface area (Å²) in [7, 11) is 0. The van der Waals surface area contributed by atoms with Gasteiger partial charge in [0.2, 0.25) is 0 Å². The van der Waals surface area contributed by atoms with Gasteiger partial charge in [0.15, 0.2) is 6.61 Å². The zero-order valence-corrected chi connectivity index (χ0v) is 18.3. The second-order valence-electron chi connectivity index (χ2n) is 7.22. The average molecular weight is 462 g/mol. The molecule has 174 valence electrons. The highest BCUT2D eigenvalue weighted by Crippen LogP contribution is 2.13. The summed E-state index contributed by atoms with van der Waals surface area (Å²) in [6, 6.07) is 20.9. The molecule has 0 saturated heterocycles. The normalized spacial score (nSPS) is 11.5. The number of benzene rings is 3. The summed E-state index contributed by atoms with van der Waals surface area (Å²) in [4.78, 5) is 35.9. The Morgan fingerprint density at radius 1 is 0.941 bits per heavy atom. The summed E-state index contributed by atoms with van der Waals surface area (Å²) in [6.07, 6.45) is 1.37. The molecule has 0 aliphatic rings. The second kappa shape index (κ2) is 11.9. The van der Waals surface area contributed by atoms with E-state index in [9.17, 15) is 18.8 Å². The minimum Gasteiger partial charge on any atom is -0.484 e. The Morgan fingerprint density at radius 3 is 2.29 bits per heavy atom. The predicted octanol–water partition coefficient (Wildman–Crippen LogP) is 3.17. The first-order chi connectivity index (χ1) is 16.4. The van der Waals surface area contributed by atoms with Crippen molar-refractivity contribution < 1.29 is 23.5 Å². The van der Waals surface area contributed by atoms with Gasteiger partial charge in [0.1, 0.15) is 11.6 Å². The monoisotopic (exact) mass is 462 g/mol. The Hall–Kier alpha value is -4.53. The Balaban J connectivity index is 1.41. The molecule has 34 heavy (non-hydrogen) atoms. The van der Waals surface area contributed by atoms with Crippen LogP contribution in [0.4, 0.5) is 10.1 Å². The van der Waals surface area contributed by atoms with Crippen LogP contribution in [0.2, 0.25) is 0 Å². The molecular weight excluding hydrogens is 439 g/mol. The van der Waals surface area contributed by atoms with Gasteiger partial charge in [0.25, 0.3) is 5.91 Å². The fraction of sp³-hybridized carbons (Fsp3) is 0.120. The van der Waals surface area contributed by atoms with Gasteiger partial charge in [-0.3, -0.25) is 14.4 Å². The lowest BCUT2D eigenvalue weighted by molar-refractivity contribution is -0.139. The van der Waals surface area contributed by atoms with E-state index in [1.165, 1.54) is 30.5 Å². The Labute approximate surface area is 195 Å². The van der Waals surface area contributed by atoms with Crippen LogP contribution in [-0.2, 0) is 14.4 Å². The largest absolute Gasteiger partial charge is 0.484 e. The number of nitrogens with zero attached hydrogens (tertiary/aromatic N) is 1. The van der Waals surface area contributed by atoms with Gasteiger partial charge in [-0.05, 0) is 66.6 Å². The molecule has 3 aromatic carbocycles. The van der Waals surface area contributed by atoms with Crippen LogP contribution in [-0.4, -0.2) is 30.5 Å². The van der Waals surface area contributed by atoms with E-state index in [0.29, 0.717) is 17.0 Å². The third kappa shape index (κ3) is 7.56. The Kier molecular flexibility index (Phi) is 8.45. The molecule has 0 aliphatic carbocycles. The average Bonchev–Trinajstić information content (AvgIpc) is 2.85. The number of hydrogen-bond donors (Lipinski definition) is 3. The van der Waals surface area contributed by atoms with Crippen LogP contribution >= 0.6 is 0 Å². The molecule has 0 aromatic heterocycles. The highest BCUT2D eigenvalue weighted by molar-refractivity contribution is 6.35. The van der Waals surface area contributed by atoms with E-state index in [4.69, 9.17) is 4.74 Å². The van der Waals surface area contributed by atoms with Crippen molar-refractivity contribution in [2.75, 3.05) is 11.9 Å². The van der Waals surface area contributed by atoms with Crippen LogP contribution < -0.4 is 20.8 Å². The molecule has 3 rings (SSSR count). The molecule has 0 saturated carbocycles. The maximum absolute atomic E-state index is 12.9. The number of carbonyl (C=O) groups is 3. The van der Waals surface area contributed by atoms with Crippen LogP contribution in [0, 0.1) is 5.82 Å². The van der Waals surface area contributed by atoms with Gasteiger partial charge < -0.3 is 15.4 Å². The zero-order valence-electron chi connectivity index (χ0n) is 18.3. The molecule has 0 aliphatic heterocycles. The van der Waals surface area contributed by atoms with Gasteiger partial charge in [-0.1, -0.05) is 30.3 Å². The van der Waals surface area contributed by atoms with E-state index < -0.39 is 17.6 Å². The second-order valence-corrected chi connectivity index (χ2v) is 7.22. The van der Waals surface area contributed by atoms with Crippen molar-refractivity contribution in [2.45, 2.75) is 13.0 Å². The topological polar surface area (TPSA) is 109 Å². The first kappa shape index (κ1) is 24.1. The maximum atomic E-state index is 12.9. The number of hydrazone groups is 1. The van der Waals surface area contributed by atoms with Gasteiger partial charge in [0.05, 0.1) is 12.3 Å². The van der Waals surface area contributed by atoms with E-state index in [1.807, 2.05) is 30.3 Å². The summed E-state index contributed by atoms with van der Waals surface area (Å²) < 4.78 is 18.3. The number of anilines is 1. The molecule has 0 radical (unpaired) electrons. The van der Waals surface area contributed by atoms with E-state index in [2.05, 4.69) is 21.2 Å². The van der Waals surface area contributed by atoms with Crippen molar-refractivity contribution >= 4 is 29.6 Å².